The lowest BCUT2D eigenvalue weighted by Crippen LogP contribution is -2.50. The van der Waals surface area contributed by atoms with Crippen LogP contribution in [0, 0.1) is 0 Å². The van der Waals surface area contributed by atoms with Gasteiger partial charge in [-0.05, 0) is 56.7 Å². The van der Waals surface area contributed by atoms with Crippen molar-refractivity contribution in [1.29, 1.82) is 0 Å². The third kappa shape index (κ3) is 4.33. The Morgan fingerprint density at radius 2 is 1.45 bits per heavy atom. The maximum absolute atomic E-state index is 13.2. The van der Waals surface area contributed by atoms with Crippen molar-refractivity contribution in [1.82, 2.24) is 14.7 Å². The van der Waals surface area contributed by atoms with Crippen LogP contribution < -0.4 is 4.74 Å². The quantitative estimate of drug-likeness (QED) is 0.655. The van der Waals surface area contributed by atoms with E-state index in [1.165, 1.54) is 0 Å². The zero-order valence-electron chi connectivity index (χ0n) is 18.8. The van der Waals surface area contributed by atoms with E-state index in [4.69, 9.17) is 4.74 Å². The smallest absolute Gasteiger partial charge is 0.262 e. The molecule has 1 atom stereocenters. The molecule has 0 saturated carbocycles. The van der Waals surface area contributed by atoms with Gasteiger partial charge in [0.25, 0.3) is 17.7 Å². The Kier molecular flexibility index (Phi) is 6.44. The Labute approximate surface area is 192 Å². The van der Waals surface area contributed by atoms with Crippen molar-refractivity contribution in [2.75, 3.05) is 32.8 Å². The molecule has 4 amide bonds. The van der Waals surface area contributed by atoms with E-state index < -0.39 is 17.9 Å². The lowest BCUT2D eigenvalue weighted by molar-refractivity contribution is -0.134. The van der Waals surface area contributed by atoms with Crippen molar-refractivity contribution in [3.63, 3.8) is 0 Å². The molecule has 1 fully saturated rings. The second-order valence-electron chi connectivity index (χ2n) is 8.13. The number of carbonyl (C=O) groups is 4. The van der Waals surface area contributed by atoms with Crippen molar-refractivity contribution in [2.24, 2.45) is 0 Å². The summed E-state index contributed by atoms with van der Waals surface area (Å²) < 4.78 is 5.43. The van der Waals surface area contributed by atoms with Crippen molar-refractivity contribution in [2.45, 2.75) is 26.3 Å². The lowest BCUT2D eigenvalue weighted by Gasteiger charge is -2.28. The van der Waals surface area contributed by atoms with Crippen LogP contribution in [0.2, 0.25) is 0 Å². The topological polar surface area (TPSA) is 87.2 Å². The minimum absolute atomic E-state index is 0.0965. The van der Waals surface area contributed by atoms with Gasteiger partial charge in [0.1, 0.15) is 11.8 Å². The predicted molar refractivity (Wildman–Crippen MR) is 121 cm³/mol. The summed E-state index contributed by atoms with van der Waals surface area (Å²) in [7, 11) is 0. The molecule has 1 unspecified atom stereocenters. The van der Waals surface area contributed by atoms with Crippen molar-refractivity contribution in [3.8, 4) is 5.75 Å². The van der Waals surface area contributed by atoms with Gasteiger partial charge in [-0.25, -0.2) is 0 Å². The third-order valence-electron chi connectivity index (χ3n) is 6.08. The molecule has 0 N–H and O–H groups in total. The summed E-state index contributed by atoms with van der Waals surface area (Å²) in [6.45, 7) is 5.75. The Morgan fingerprint density at radius 1 is 0.879 bits per heavy atom. The molecular formula is C25H27N3O5. The average molecular weight is 450 g/mol. The van der Waals surface area contributed by atoms with E-state index >= 15 is 0 Å². The number of fused-ring (bicyclic) bond motifs is 1. The lowest BCUT2D eigenvalue weighted by atomic mass is 10.1. The highest BCUT2D eigenvalue weighted by molar-refractivity contribution is 6.22. The number of benzene rings is 2. The summed E-state index contributed by atoms with van der Waals surface area (Å²) >= 11 is 0. The van der Waals surface area contributed by atoms with Gasteiger partial charge in [-0.1, -0.05) is 12.1 Å². The fourth-order valence-electron chi connectivity index (χ4n) is 4.32. The number of hydrogen-bond acceptors (Lipinski definition) is 5. The molecule has 0 aliphatic carbocycles. The van der Waals surface area contributed by atoms with Crippen molar-refractivity contribution >= 4 is 23.6 Å². The van der Waals surface area contributed by atoms with E-state index in [0.29, 0.717) is 61.6 Å². The number of rotatable bonds is 5. The highest BCUT2D eigenvalue weighted by atomic mass is 16.5. The Bertz CT molecular complexity index is 1050. The van der Waals surface area contributed by atoms with Crippen LogP contribution in [0.1, 0.15) is 51.3 Å². The highest BCUT2D eigenvalue weighted by Crippen LogP contribution is 2.25. The zero-order chi connectivity index (χ0) is 23.5. The maximum atomic E-state index is 13.2. The van der Waals surface area contributed by atoms with E-state index in [1.54, 1.807) is 65.3 Å². The number of hydrogen-bond donors (Lipinski definition) is 0. The normalized spacial score (nSPS) is 17.0. The number of ether oxygens (including phenoxy) is 1. The molecule has 2 heterocycles. The maximum Gasteiger partial charge on any atom is 0.262 e. The Morgan fingerprint density at radius 3 is 2.06 bits per heavy atom. The molecular weight excluding hydrogens is 422 g/mol. The van der Waals surface area contributed by atoms with E-state index in [0.717, 1.165) is 4.90 Å². The molecule has 2 aliphatic heterocycles. The summed E-state index contributed by atoms with van der Waals surface area (Å²) in [5, 5.41) is 0. The second-order valence-corrected chi connectivity index (χ2v) is 8.13. The monoisotopic (exact) mass is 449 g/mol. The first-order valence-electron chi connectivity index (χ1n) is 11.2. The first-order valence-corrected chi connectivity index (χ1v) is 11.2. The van der Waals surface area contributed by atoms with Crippen molar-refractivity contribution in [3.05, 3.63) is 65.2 Å². The van der Waals surface area contributed by atoms with E-state index in [-0.39, 0.29) is 11.8 Å². The second kappa shape index (κ2) is 9.44. The summed E-state index contributed by atoms with van der Waals surface area (Å²) in [5.41, 5.74) is 1.22. The van der Waals surface area contributed by atoms with Crippen LogP contribution in [0.5, 0.6) is 5.75 Å². The molecule has 4 rings (SSSR count). The van der Waals surface area contributed by atoms with Gasteiger partial charge in [-0.3, -0.25) is 24.1 Å². The molecule has 8 nitrogen and oxygen atoms in total. The molecule has 0 aromatic heterocycles. The molecule has 2 aromatic carbocycles. The van der Waals surface area contributed by atoms with Gasteiger partial charge in [0.05, 0.1) is 17.7 Å². The number of carbonyl (C=O) groups excluding carboxylic acids is 4. The van der Waals surface area contributed by atoms with Gasteiger partial charge < -0.3 is 14.5 Å². The van der Waals surface area contributed by atoms with Gasteiger partial charge >= 0.3 is 0 Å². The largest absolute Gasteiger partial charge is 0.494 e. The minimum atomic E-state index is -0.911. The third-order valence-corrected chi connectivity index (χ3v) is 6.08. The fourth-order valence-corrected chi connectivity index (χ4v) is 4.32. The van der Waals surface area contributed by atoms with Crippen LogP contribution in [0.25, 0.3) is 0 Å². The summed E-state index contributed by atoms with van der Waals surface area (Å²) in [6.07, 6.45) is 0.614. The summed E-state index contributed by atoms with van der Waals surface area (Å²) in [4.78, 5) is 56.0. The van der Waals surface area contributed by atoms with Gasteiger partial charge in [0, 0.05) is 31.7 Å². The van der Waals surface area contributed by atoms with Crippen LogP contribution in [0.4, 0.5) is 0 Å². The summed E-state index contributed by atoms with van der Waals surface area (Å²) in [5.74, 6) is -0.568. The van der Waals surface area contributed by atoms with Gasteiger partial charge in [-0.2, -0.15) is 0 Å². The zero-order valence-corrected chi connectivity index (χ0v) is 18.8. The molecule has 172 valence electrons. The molecule has 2 aromatic rings. The highest BCUT2D eigenvalue weighted by Gasteiger charge is 2.41. The van der Waals surface area contributed by atoms with Crippen LogP contribution >= 0.6 is 0 Å². The van der Waals surface area contributed by atoms with E-state index in [1.807, 2.05) is 6.92 Å². The van der Waals surface area contributed by atoms with Gasteiger partial charge in [-0.15, -0.1) is 0 Å². The van der Waals surface area contributed by atoms with Crippen LogP contribution in [-0.2, 0) is 4.79 Å². The fraction of sp³-hybridized carbons (Fsp3) is 0.360. The molecule has 2 aliphatic rings. The van der Waals surface area contributed by atoms with Gasteiger partial charge in [0.2, 0.25) is 5.91 Å². The van der Waals surface area contributed by atoms with Crippen molar-refractivity contribution < 1.29 is 23.9 Å². The molecule has 1 saturated heterocycles. The first kappa shape index (κ1) is 22.5. The number of amides is 4. The van der Waals surface area contributed by atoms with Crippen LogP contribution in [0.3, 0.4) is 0 Å². The molecule has 0 spiro atoms. The standard InChI is InChI=1S/C25H27N3O5/c1-3-33-19-11-9-18(10-12-19)23(30)27-14-6-13-26(15-16-27)22(29)17(2)28-24(31)20-7-4-5-8-21(20)25(28)32/h4-5,7-12,17H,3,6,13-16H2,1-2H3. The Hall–Kier alpha value is -3.68. The first-order chi connectivity index (χ1) is 15.9. The molecule has 33 heavy (non-hydrogen) atoms. The minimum Gasteiger partial charge on any atom is -0.494 e. The summed E-state index contributed by atoms with van der Waals surface area (Å²) in [6, 6.07) is 12.7. The number of nitrogens with zero attached hydrogens (tertiary/aromatic N) is 3. The van der Waals surface area contributed by atoms with Gasteiger partial charge in [0.15, 0.2) is 0 Å². The molecule has 8 heteroatoms. The predicted octanol–water partition coefficient (Wildman–Crippen LogP) is 2.44. The van der Waals surface area contributed by atoms with E-state index in [2.05, 4.69) is 0 Å². The molecule has 0 bridgehead atoms. The average Bonchev–Trinajstić information content (AvgIpc) is 2.99. The number of imide groups is 1. The van der Waals surface area contributed by atoms with Crippen LogP contribution in [0.15, 0.2) is 48.5 Å². The molecule has 0 radical (unpaired) electrons. The SMILES string of the molecule is CCOc1ccc(C(=O)N2CCCN(C(=O)C(C)N3C(=O)c4ccccc4C3=O)CC2)cc1. The Balaban J connectivity index is 1.40. The van der Waals surface area contributed by atoms with Crippen LogP contribution in [-0.4, -0.2) is 77.2 Å². The van der Waals surface area contributed by atoms with E-state index in [9.17, 15) is 19.2 Å².